The van der Waals surface area contributed by atoms with E-state index in [4.69, 9.17) is 9.79 Å². The molecular weight excluding hydrogens is 215 g/mol. The number of nitrogens with one attached hydrogen (secondary N) is 1. The van der Waals surface area contributed by atoms with Crippen molar-refractivity contribution >= 4 is 12.9 Å². The van der Waals surface area contributed by atoms with Crippen LogP contribution in [0.5, 0.6) is 0 Å². The number of aromatic nitrogens is 2. The van der Waals surface area contributed by atoms with E-state index in [0.29, 0.717) is 0 Å². The molecule has 0 unspecified atom stereocenters. The second-order valence-electron chi connectivity index (χ2n) is 3.06. The first-order chi connectivity index (χ1) is 7.07. The van der Waals surface area contributed by atoms with Gasteiger partial charge in [-0.15, -0.1) is 0 Å². The third kappa shape index (κ3) is 2.15. The molecule has 5 nitrogen and oxygen atoms in total. The van der Waals surface area contributed by atoms with Crippen LogP contribution in [0.25, 0.3) is 11.3 Å². The molecule has 3 N–H and O–H groups in total. The zero-order chi connectivity index (χ0) is 10.9. The molecule has 78 valence electrons. The van der Waals surface area contributed by atoms with Crippen molar-refractivity contribution in [2.45, 2.75) is 0 Å². The van der Waals surface area contributed by atoms with E-state index in [2.05, 4.69) is 9.97 Å². The SMILES string of the molecule is O=P(O)(O)c1ccc(-c2cnc[nH]2)cc1. The molecule has 6 heteroatoms. The van der Waals surface area contributed by atoms with Crippen LogP contribution in [0.2, 0.25) is 0 Å². The molecule has 0 aliphatic rings. The number of rotatable bonds is 2. The molecule has 0 atom stereocenters. The molecule has 1 aromatic heterocycles. The summed E-state index contributed by atoms with van der Waals surface area (Å²) in [6, 6.07) is 6.11. The summed E-state index contributed by atoms with van der Waals surface area (Å²) in [5.41, 5.74) is 1.65. The number of hydrogen-bond donors (Lipinski definition) is 3. The normalized spacial score (nSPS) is 11.6. The monoisotopic (exact) mass is 224 g/mol. The third-order valence-electron chi connectivity index (χ3n) is 2.01. The van der Waals surface area contributed by atoms with Crippen LogP contribution in [-0.4, -0.2) is 19.8 Å². The quantitative estimate of drug-likeness (QED) is 0.661. The predicted molar refractivity (Wildman–Crippen MR) is 55.7 cm³/mol. The average molecular weight is 224 g/mol. The van der Waals surface area contributed by atoms with E-state index in [1.165, 1.54) is 12.1 Å². The number of hydrogen-bond acceptors (Lipinski definition) is 2. The Kier molecular flexibility index (Phi) is 2.44. The Morgan fingerprint density at radius 2 is 1.87 bits per heavy atom. The minimum Gasteiger partial charge on any atom is -0.345 e. The number of imidazole rings is 1. The molecule has 0 radical (unpaired) electrons. The van der Waals surface area contributed by atoms with E-state index in [-0.39, 0.29) is 5.30 Å². The van der Waals surface area contributed by atoms with Crippen LogP contribution >= 0.6 is 7.60 Å². The van der Waals surface area contributed by atoms with Gasteiger partial charge in [-0.25, -0.2) is 4.98 Å². The molecule has 0 saturated carbocycles. The smallest absolute Gasteiger partial charge is 0.345 e. The van der Waals surface area contributed by atoms with Crippen LogP contribution in [0.3, 0.4) is 0 Å². The van der Waals surface area contributed by atoms with Gasteiger partial charge in [0.05, 0.1) is 23.5 Å². The van der Waals surface area contributed by atoms with Gasteiger partial charge >= 0.3 is 7.60 Å². The van der Waals surface area contributed by atoms with Crippen molar-refractivity contribution in [2.24, 2.45) is 0 Å². The first-order valence-electron chi connectivity index (χ1n) is 4.22. The van der Waals surface area contributed by atoms with Gasteiger partial charge in [0.1, 0.15) is 0 Å². The summed E-state index contributed by atoms with van der Waals surface area (Å²) in [5, 5.41) is 0.0192. The first kappa shape index (κ1) is 10.1. The van der Waals surface area contributed by atoms with E-state index < -0.39 is 7.60 Å². The van der Waals surface area contributed by atoms with E-state index in [1.54, 1.807) is 24.7 Å². The summed E-state index contributed by atoms with van der Waals surface area (Å²) < 4.78 is 10.9. The number of H-pyrrole nitrogens is 1. The Balaban J connectivity index is 2.37. The molecule has 2 aromatic rings. The van der Waals surface area contributed by atoms with Crippen molar-refractivity contribution < 1.29 is 14.4 Å². The molecule has 0 amide bonds. The predicted octanol–water partition coefficient (Wildman–Crippen LogP) is 0.880. The zero-order valence-electron chi connectivity index (χ0n) is 7.66. The van der Waals surface area contributed by atoms with Gasteiger partial charge in [0.15, 0.2) is 0 Å². The summed E-state index contributed by atoms with van der Waals surface area (Å²) in [5.74, 6) is 0. The lowest BCUT2D eigenvalue weighted by molar-refractivity contribution is 0.387. The summed E-state index contributed by atoms with van der Waals surface area (Å²) >= 11 is 0. The van der Waals surface area contributed by atoms with E-state index in [1.807, 2.05) is 0 Å². The number of aromatic amines is 1. The fourth-order valence-electron chi connectivity index (χ4n) is 1.25. The second-order valence-corrected chi connectivity index (χ2v) is 4.66. The molecule has 15 heavy (non-hydrogen) atoms. The van der Waals surface area contributed by atoms with Gasteiger partial charge in [-0.2, -0.15) is 0 Å². The molecule has 0 aliphatic heterocycles. The lowest BCUT2D eigenvalue weighted by atomic mass is 10.2. The molecule has 1 aromatic carbocycles. The summed E-state index contributed by atoms with van der Waals surface area (Å²) in [6.45, 7) is 0. The van der Waals surface area contributed by atoms with Crippen molar-refractivity contribution in [1.29, 1.82) is 0 Å². The highest BCUT2D eigenvalue weighted by Gasteiger charge is 2.16. The minimum atomic E-state index is -4.14. The molecule has 0 aliphatic carbocycles. The molecule has 0 spiro atoms. The Labute approximate surface area is 86.0 Å². The van der Waals surface area contributed by atoms with E-state index >= 15 is 0 Å². The lowest BCUT2D eigenvalue weighted by Crippen LogP contribution is -2.02. The van der Waals surface area contributed by atoms with Crippen LogP contribution < -0.4 is 5.30 Å². The Hall–Kier alpha value is -1.42. The Morgan fingerprint density at radius 1 is 1.20 bits per heavy atom. The van der Waals surface area contributed by atoms with Crippen molar-refractivity contribution in [3.8, 4) is 11.3 Å². The summed E-state index contributed by atoms with van der Waals surface area (Å²) in [7, 11) is -4.14. The maximum atomic E-state index is 10.9. The largest absolute Gasteiger partial charge is 0.356 e. The molecule has 0 fully saturated rings. The number of benzene rings is 1. The van der Waals surface area contributed by atoms with Crippen LogP contribution in [0.15, 0.2) is 36.8 Å². The fourth-order valence-corrected chi connectivity index (χ4v) is 1.79. The van der Waals surface area contributed by atoms with E-state index in [0.717, 1.165) is 11.3 Å². The highest BCUT2D eigenvalue weighted by atomic mass is 31.2. The maximum absolute atomic E-state index is 10.9. The molecule has 0 saturated heterocycles. The molecule has 0 bridgehead atoms. The van der Waals surface area contributed by atoms with Gasteiger partial charge in [-0.05, 0) is 17.7 Å². The molecule has 2 rings (SSSR count). The molecule has 1 heterocycles. The van der Waals surface area contributed by atoms with Gasteiger partial charge in [0, 0.05) is 0 Å². The van der Waals surface area contributed by atoms with E-state index in [9.17, 15) is 4.57 Å². The Bertz CT molecular complexity index is 487. The minimum absolute atomic E-state index is 0.0192. The number of nitrogens with zero attached hydrogens (tertiary/aromatic N) is 1. The maximum Gasteiger partial charge on any atom is 0.356 e. The van der Waals surface area contributed by atoms with Crippen LogP contribution in [0, 0.1) is 0 Å². The fraction of sp³-hybridized carbons (Fsp3) is 0. The molecular formula is C9H9N2O3P. The van der Waals surface area contributed by atoms with Crippen LogP contribution in [-0.2, 0) is 4.57 Å². The highest BCUT2D eigenvalue weighted by molar-refractivity contribution is 7.60. The van der Waals surface area contributed by atoms with Crippen LogP contribution in [0.1, 0.15) is 0 Å². The van der Waals surface area contributed by atoms with Gasteiger partial charge in [0.2, 0.25) is 0 Å². The summed E-state index contributed by atoms with van der Waals surface area (Å²) in [4.78, 5) is 24.6. The van der Waals surface area contributed by atoms with Gasteiger partial charge in [-0.3, -0.25) is 4.57 Å². The average Bonchev–Trinajstić information content (AvgIpc) is 2.69. The Morgan fingerprint density at radius 3 is 2.33 bits per heavy atom. The van der Waals surface area contributed by atoms with Crippen molar-refractivity contribution in [2.75, 3.05) is 0 Å². The summed E-state index contributed by atoms with van der Waals surface area (Å²) in [6.07, 6.45) is 3.19. The zero-order valence-corrected chi connectivity index (χ0v) is 8.56. The van der Waals surface area contributed by atoms with Gasteiger partial charge in [-0.1, -0.05) is 12.1 Å². The second kappa shape index (κ2) is 3.62. The van der Waals surface area contributed by atoms with Crippen molar-refractivity contribution in [1.82, 2.24) is 9.97 Å². The topological polar surface area (TPSA) is 86.2 Å². The highest BCUT2D eigenvalue weighted by Crippen LogP contribution is 2.33. The lowest BCUT2D eigenvalue weighted by Gasteiger charge is -2.04. The first-order valence-corrected chi connectivity index (χ1v) is 5.83. The van der Waals surface area contributed by atoms with Crippen molar-refractivity contribution in [3.05, 3.63) is 36.8 Å². The van der Waals surface area contributed by atoms with Gasteiger partial charge < -0.3 is 14.8 Å². The van der Waals surface area contributed by atoms with Gasteiger partial charge in [0.25, 0.3) is 0 Å². The standard InChI is InChI=1S/C9H9N2O3P/c12-15(13,14)8-3-1-7(2-4-8)9-5-10-6-11-9/h1-6H,(H,10,11)(H2,12,13,14). The third-order valence-corrected chi connectivity index (χ3v) is 2.98. The van der Waals surface area contributed by atoms with Crippen molar-refractivity contribution in [3.63, 3.8) is 0 Å². The van der Waals surface area contributed by atoms with Crippen LogP contribution in [0.4, 0.5) is 0 Å².